The Morgan fingerprint density at radius 1 is 1.34 bits per heavy atom. The Bertz CT molecular complexity index is 999. The molecule has 0 aromatic carbocycles. The van der Waals surface area contributed by atoms with Crippen molar-refractivity contribution in [3.05, 3.63) is 30.3 Å². The van der Waals surface area contributed by atoms with Crippen LogP contribution < -0.4 is 21.5 Å². The van der Waals surface area contributed by atoms with Gasteiger partial charge in [-0.25, -0.2) is 9.48 Å². The number of aliphatic hydroxyl groups is 2. The van der Waals surface area contributed by atoms with E-state index in [4.69, 9.17) is 20.9 Å². The molecule has 2 aromatic rings. The van der Waals surface area contributed by atoms with Crippen LogP contribution in [0.25, 0.3) is 5.95 Å². The van der Waals surface area contributed by atoms with Crippen LogP contribution in [0.15, 0.2) is 30.3 Å². The lowest BCUT2D eigenvalue weighted by molar-refractivity contribution is -0.145. The van der Waals surface area contributed by atoms with E-state index >= 15 is 0 Å². The highest BCUT2D eigenvalue weighted by Crippen LogP contribution is 2.22. The van der Waals surface area contributed by atoms with Crippen LogP contribution in [0.1, 0.15) is 6.92 Å². The number of hydrogen-bond acceptors (Lipinski definition) is 12. The molecule has 172 valence electrons. The smallest absolute Gasteiger partial charge is 0.370 e. The van der Waals surface area contributed by atoms with E-state index in [1.54, 1.807) is 12.3 Å². The molecule has 0 aliphatic carbocycles. The Hall–Kier alpha value is -3.82. The standard InChI is InChI=1S/C17H22N8O7/c1-7(26)21-11-8(18)5-10(14(29)30)32-13(11)12(28)9(27)6-31-17-23-15(19)22-16(24-17)25-4-2-3-20-25/h2-5,8-9,11-13,27-28H,6,18H2,1H3,(H,21,26)(H,29,30)(H2,19,22,23,24)/t8-,9+,11+,12+,13+/m0/s1. The summed E-state index contributed by atoms with van der Waals surface area (Å²) >= 11 is 0. The molecule has 15 nitrogen and oxygen atoms in total. The number of ether oxygens (including phenoxy) is 2. The van der Waals surface area contributed by atoms with Gasteiger partial charge >= 0.3 is 12.0 Å². The van der Waals surface area contributed by atoms with E-state index in [2.05, 4.69) is 25.4 Å². The van der Waals surface area contributed by atoms with Crippen LogP contribution in [0.5, 0.6) is 6.01 Å². The largest absolute Gasteiger partial charge is 0.478 e. The van der Waals surface area contributed by atoms with Gasteiger partial charge in [-0.05, 0) is 12.1 Å². The minimum atomic E-state index is -1.70. The fourth-order valence-electron chi connectivity index (χ4n) is 2.97. The first-order valence-electron chi connectivity index (χ1n) is 9.30. The third kappa shape index (κ3) is 5.26. The number of nitrogen functional groups attached to an aromatic ring is 1. The Kier molecular flexibility index (Phi) is 6.82. The lowest BCUT2D eigenvalue weighted by Gasteiger charge is -2.38. The fourth-order valence-corrected chi connectivity index (χ4v) is 2.97. The molecular weight excluding hydrogens is 428 g/mol. The predicted octanol–water partition coefficient (Wildman–Crippen LogP) is -3.06. The van der Waals surface area contributed by atoms with Crippen molar-refractivity contribution in [2.24, 2.45) is 5.73 Å². The molecule has 15 heteroatoms. The average molecular weight is 450 g/mol. The lowest BCUT2D eigenvalue weighted by atomic mass is 9.92. The molecule has 0 spiro atoms. The van der Waals surface area contributed by atoms with E-state index in [1.807, 2.05) is 0 Å². The van der Waals surface area contributed by atoms with Crippen LogP contribution in [0.2, 0.25) is 0 Å². The molecule has 0 saturated heterocycles. The molecule has 0 bridgehead atoms. The van der Waals surface area contributed by atoms with Crippen molar-refractivity contribution in [1.29, 1.82) is 0 Å². The number of rotatable bonds is 8. The van der Waals surface area contributed by atoms with Crippen LogP contribution >= 0.6 is 0 Å². The van der Waals surface area contributed by atoms with Gasteiger partial charge in [-0.1, -0.05) is 0 Å². The van der Waals surface area contributed by atoms with E-state index in [0.29, 0.717) is 0 Å². The Morgan fingerprint density at radius 2 is 2.09 bits per heavy atom. The third-order valence-electron chi connectivity index (χ3n) is 4.40. The van der Waals surface area contributed by atoms with E-state index in [-0.39, 0.29) is 17.9 Å². The lowest BCUT2D eigenvalue weighted by Crippen LogP contribution is -2.62. The molecular formula is C17H22N8O7. The molecule has 8 N–H and O–H groups in total. The van der Waals surface area contributed by atoms with E-state index in [0.717, 1.165) is 6.08 Å². The molecule has 1 aliphatic rings. The maximum absolute atomic E-state index is 11.5. The first-order valence-corrected chi connectivity index (χ1v) is 9.30. The number of carboxylic acids is 1. The minimum Gasteiger partial charge on any atom is -0.478 e. The van der Waals surface area contributed by atoms with Crippen LogP contribution in [-0.2, 0) is 14.3 Å². The zero-order chi connectivity index (χ0) is 23.4. The summed E-state index contributed by atoms with van der Waals surface area (Å²) in [7, 11) is 0. The van der Waals surface area contributed by atoms with Crippen molar-refractivity contribution in [1.82, 2.24) is 30.0 Å². The number of carbonyl (C=O) groups is 2. The van der Waals surface area contributed by atoms with E-state index < -0.39 is 54.6 Å². The summed E-state index contributed by atoms with van der Waals surface area (Å²) in [4.78, 5) is 34.5. The van der Waals surface area contributed by atoms with Crippen molar-refractivity contribution < 1.29 is 34.4 Å². The van der Waals surface area contributed by atoms with E-state index in [1.165, 1.54) is 17.8 Å². The van der Waals surface area contributed by atoms with Crippen LogP contribution in [0.4, 0.5) is 5.95 Å². The number of aliphatic hydroxyl groups excluding tert-OH is 2. The highest BCUT2D eigenvalue weighted by atomic mass is 16.5. The SMILES string of the molecule is CC(=O)N[C@H]1[C@H]([C@H](O)[C@H](O)COc2nc(N)nc(-n3cccn3)n2)OC(C(=O)O)=C[C@@H]1N. The normalized spacial score (nSPS) is 22.2. The highest BCUT2D eigenvalue weighted by Gasteiger charge is 2.42. The maximum atomic E-state index is 11.5. The van der Waals surface area contributed by atoms with Crippen molar-refractivity contribution in [3.8, 4) is 12.0 Å². The summed E-state index contributed by atoms with van der Waals surface area (Å²) in [5, 5.41) is 36.7. The van der Waals surface area contributed by atoms with Gasteiger partial charge in [-0.3, -0.25) is 4.79 Å². The van der Waals surface area contributed by atoms with Gasteiger partial charge in [-0.2, -0.15) is 20.1 Å². The molecule has 3 rings (SSSR count). The van der Waals surface area contributed by atoms with Crippen molar-refractivity contribution >= 4 is 17.8 Å². The minimum absolute atomic E-state index is 0.0658. The quantitative estimate of drug-likeness (QED) is 0.235. The van der Waals surface area contributed by atoms with Gasteiger partial charge in [0.2, 0.25) is 17.6 Å². The number of anilines is 1. The molecule has 0 radical (unpaired) electrons. The van der Waals surface area contributed by atoms with Gasteiger partial charge in [0, 0.05) is 19.3 Å². The third-order valence-corrected chi connectivity index (χ3v) is 4.40. The van der Waals surface area contributed by atoms with E-state index in [9.17, 15) is 24.9 Å². The van der Waals surface area contributed by atoms with Crippen LogP contribution in [-0.4, -0.2) is 88.9 Å². The number of amides is 1. The number of hydrogen-bond donors (Lipinski definition) is 6. The number of nitrogens with zero attached hydrogens (tertiary/aromatic N) is 5. The first kappa shape index (κ1) is 22.9. The summed E-state index contributed by atoms with van der Waals surface area (Å²) in [5.74, 6) is -2.53. The number of aliphatic carboxylic acids is 1. The first-order chi connectivity index (χ1) is 15.2. The average Bonchev–Trinajstić information content (AvgIpc) is 3.27. The molecule has 5 atom stereocenters. The van der Waals surface area contributed by atoms with Crippen molar-refractivity contribution in [3.63, 3.8) is 0 Å². The second-order valence-corrected chi connectivity index (χ2v) is 6.82. The molecule has 3 heterocycles. The van der Waals surface area contributed by atoms with Gasteiger partial charge in [0.15, 0.2) is 0 Å². The predicted molar refractivity (Wildman–Crippen MR) is 105 cm³/mol. The zero-order valence-electron chi connectivity index (χ0n) is 16.8. The number of nitrogens with two attached hydrogens (primary N) is 2. The number of aromatic nitrogens is 5. The van der Waals surface area contributed by atoms with Crippen LogP contribution in [0.3, 0.4) is 0 Å². The maximum Gasteiger partial charge on any atom is 0.370 e. The van der Waals surface area contributed by atoms with Gasteiger partial charge in [0.05, 0.1) is 12.1 Å². The molecule has 1 amide bonds. The van der Waals surface area contributed by atoms with Crippen LogP contribution in [0, 0.1) is 0 Å². The Morgan fingerprint density at radius 3 is 2.72 bits per heavy atom. The van der Waals surface area contributed by atoms with Gasteiger partial charge < -0.3 is 41.6 Å². The molecule has 1 aliphatic heterocycles. The molecule has 0 saturated carbocycles. The topological polar surface area (TPSA) is 234 Å². The highest BCUT2D eigenvalue weighted by molar-refractivity contribution is 5.84. The summed E-state index contributed by atoms with van der Waals surface area (Å²) in [6.07, 6.45) is -0.531. The van der Waals surface area contributed by atoms with Gasteiger partial charge in [0.25, 0.3) is 5.95 Å². The fraction of sp³-hybridized carbons (Fsp3) is 0.412. The molecule has 0 fully saturated rings. The summed E-state index contributed by atoms with van der Waals surface area (Å²) in [6, 6.07) is -0.619. The van der Waals surface area contributed by atoms with Gasteiger partial charge in [-0.15, -0.1) is 0 Å². The molecule has 32 heavy (non-hydrogen) atoms. The number of carboxylic acid groups (broad SMARTS) is 1. The Labute approximate surface area is 180 Å². The monoisotopic (exact) mass is 450 g/mol. The number of nitrogens with one attached hydrogen (secondary N) is 1. The summed E-state index contributed by atoms with van der Waals surface area (Å²) in [5.41, 5.74) is 11.6. The number of carbonyl (C=O) groups excluding carboxylic acids is 1. The van der Waals surface area contributed by atoms with Crippen molar-refractivity contribution in [2.75, 3.05) is 12.3 Å². The second-order valence-electron chi connectivity index (χ2n) is 6.82. The second kappa shape index (κ2) is 9.54. The van der Waals surface area contributed by atoms with Gasteiger partial charge in [0.1, 0.15) is 24.9 Å². The zero-order valence-corrected chi connectivity index (χ0v) is 16.8. The molecule has 2 aromatic heterocycles. The van der Waals surface area contributed by atoms with Crippen molar-refractivity contribution in [2.45, 2.75) is 37.3 Å². The summed E-state index contributed by atoms with van der Waals surface area (Å²) < 4.78 is 11.9. The Balaban J connectivity index is 1.72. The summed E-state index contributed by atoms with van der Waals surface area (Å²) in [6.45, 7) is 0.686. The molecule has 0 unspecified atom stereocenters.